The van der Waals surface area contributed by atoms with Crippen molar-refractivity contribution in [2.45, 2.75) is 26.2 Å². The van der Waals surface area contributed by atoms with Crippen molar-refractivity contribution in [1.82, 2.24) is 0 Å². The minimum absolute atomic E-state index is 0.398. The summed E-state index contributed by atoms with van der Waals surface area (Å²) in [7, 11) is 0. The number of unbranched alkanes of at least 4 members (excludes halogenated alkanes) is 1. The lowest BCUT2D eigenvalue weighted by Gasteiger charge is -2.01. The average molecular weight is 165 g/mol. The zero-order valence-electron chi connectivity index (χ0n) is 7.00. The second kappa shape index (κ2) is 6.24. The van der Waals surface area contributed by atoms with Crippen LogP contribution in [-0.4, -0.2) is 11.1 Å². The SMILES string of the molecule is CC#CC(CCCC#N)C(=O)O. The van der Waals surface area contributed by atoms with Gasteiger partial charge in [0.25, 0.3) is 0 Å². The number of carbonyl (C=O) groups is 1. The van der Waals surface area contributed by atoms with E-state index in [4.69, 9.17) is 10.4 Å². The van der Waals surface area contributed by atoms with Gasteiger partial charge in [0.2, 0.25) is 0 Å². The molecule has 1 N–H and O–H groups in total. The highest BCUT2D eigenvalue weighted by Gasteiger charge is 2.12. The minimum Gasteiger partial charge on any atom is -0.480 e. The summed E-state index contributed by atoms with van der Waals surface area (Å²) in [4.78, 5) is 10.5. The zero-order chi connectivity index (χ0) is 9.40. The van der Waals surface area contributed by atoms with Gasteiger partial charge in [0.1, 0.15) is 5.92 Å². The van der Waals surface area contributed by atoms with E-state index in [9.17, 15) is 4.79 Å². The Kier molecular flexibility index (Phi) is 5.47. The fourth-order valence-corrected chi connectivity index (χ4v) is 0.817. The van der Waals surface area contributed by atoms with Crippen molar-refractivity contribution in [2.75, 3.05) is 0 Å². The van der Waals surface area contributed by atoms with Crippen molar-refractivity contribution in [3.63, 3.8) is 0 Å². The van der Waals surface area contributed by atoms with E-state index >= 15 is 0 Å². The van der Waals surface area contributed by atoms with Gasteiger partial charge < -0.3 is 5.11 Å². The molecule has 0 heterocycles. The Hall–Kier alpha value is -1.48. The van der Waals surface area contributed by atoms with Gasteiger partial charge in [0.05, 0.1) is 6.07 Å². The predicted octanol–water partition coefficient (Wildman–Crippen LogP) is 1.40. The maximum atomic E-state index is 10.5. The molecule has 0 amide bonds. The van der Waals surface area contributed by atoms with Crippen LogP contribution < -0.4 is 0 Å². The van der Waals surface area contributed by atoms with E-state index in [-0.39, 0.29) is 0 Å². The van der Waals surface area contributed by atoms with E-state index < -0.39 is 11.9 Å². The first kappa shape index (κ1) is 10.5. The lowest BCUT2D eigenvalue weighted by molar-refractivity contribution is -0.139. The highest BCUT2D eigenvalue weighted by Crippen LogP contribution is 2.07. The second-order valence-electron chi connectivity index (χ2n) is 2.34. The molecule has 1 atom stereocenters. The molecule has 0 aliphatic carbocycles. The van der Waals surface area contributed by atoms with Crippen LogP contribution in [0.4, 0.5) is 0 Å². The highest BCUT2D eigenvalue weighted by molar-refractivity contribution is 5.73. The summed E-state index contributed by atoms with van der Waals surface area (Å²) in [6.07, 6.45) is 1.46. The molecule has 12 heavy (non-hydrogen) atoms. The van der Waals surface area contributed by atoms with Gasteiger partial charge in [-0.25, -0.2) is 0 Å². The number of hydrogen-bond acceptors (Lipinski definition) is 2. The van der Waals surface area contributed by atoms with Crippen LogP contribution in [0.3, 0.4) is 0 Å². The predicted molar refractivity (Wildman–Crippen MR) is 44.0 cm³/mol. The molecule has 0 aromatic heterocycles. The van der Waals surface area contributed by atoms with Crippen molar-refractivity contribution in [1.29, 1.82) is 5.26 Å². The van der Waals surface area contributed by atoms with Gasteiger partial charge in [-0.05, 0) is 19.8 Å². The fourth-order valence-electron chi connectivity index (χ4n) is 0.817. The molecule has 0 saturated carbocycles. The van der Waals surface area contributed by atoms with Gasteiger partial charge in [0, 0.05) is 6.42 Å². The number of nitriles is 1. The summed E-state index contributed by atoms with van der Waals surface area (Å²) in [5, 5.41) is 16.8. The Morgan fingerprint density at radius 3 is 2.75 bits per heavy atom. The summed E-state index contributed by atoms with van der Waals surface area (Å²) in [6.45, 7) is 1.61. The largest absolute Gasteiger partial charge is 0.480 e. The molecule has 0 aromatic carbocycles. The molecule has 0 bridgehead atoms. The van der Waals surface area contributed by atoms with Gasteiger partial charge in [-0.1, -0.05) is 5.92 Å². The molecule has 0 radical (unpaired) electrons. The quantitative estimate of drug-likeness (QED) is 0.506. The molecule has 0 rings (SSSR count). The number of hydrogen-bond donors (Lipinski definition) is 1. The Morgan fingerprint density at radius 2 is 2.33 bits per heavy atom. The van der Waals surface area contributed by atoms with E-state index in [1.165, 1.54) is 0 Å². The van der Waals surface area contributed by atoms with Crippen LogP contribution >= 0.6 is 0 Å². The van der Waals surface area contributed by atoms with E-state index in [2.05, 4.69) is 11.8 Å². The number of carboxylic acid groups (broad SMARTS) is 1. The zero-order valence-corrected chi connectivity index (χ0v) is 7.00. The molecule has 0 aliphatic rings. The fraction of sp³-hybridized carbons (Fsp3) is 0.556. The van der Waals surface area contributed by atoms with Crippen molar-refractivity contribution >= 4 is 5.97 Å². The average Bonchev–Trinajstić information content (AvgIpc) is 2.03. The van der Waals surface area contributed by atoms with Gasteiger partial charge in [0.15, 0.2) is 0 Å². The first-order valence-corrected chi connectivity index (χ1v) is 3.74. The molecular formula is C9H11NO2. The number of rotatable bonds is 4. The first-order valence-electron chi connectivity index (χ1n) is 3.74. The van der Waals surface area contributed by atoms with Crippen LogP contribution in [0.15, 0.2) is 0 Å². The van der Waals surface area contributed by atoms with E-state index in [1.54, 1.807) is 6.92 Å². The van der Waals surface area contributed by atoms with Crippen LogP contribution in [0.5, 0.6) is 0 Å². The number of aliphatic carboxylic acids is 1. The topological polar surface area (TPSA) is 61.1 Å². The minimum atomic E-state index is -0.901. The molecule has 3 nitrogen and oxygen atoms in total. The smallest absolute Gasteiger partial charge is 0.318 e. The molecular weight excluding hydrogens is 154 g/mol. The van der Waals surface area contributed by atoms with Crippen LogP contribution in [0.2, 0.25) is 0 Å². The Morgan fingerprint density at radius 1 is 1.67 bits per heavy atom. The van der Waals surface area contributed by atoms with Crippen molar-refractivity contribution in [3.8, 4) is 17.9 Å². The second-order valence-corrected chi connectivity index (χ2v) is 2.34. The monoisotopic (exact) mass is 165 g/mol. The van der Waals surface area contributed by atoms with E-state index in [0.29, 0.717) is 19.3 Å². The third kappa shape index (κ3) is 4.35. The summed E-state index contributed by atoms with van der Waals surface area (Å²) < 4.78 is 0. The molecule has 3 heteroatoms. The van der Waals surface area contributed by atoms with E-state index in [1.807, 2.05) is 6.07 Å². The molecule has 0 aliphatic heterocycles. The highest BCUT2D eigenvalue weighted by atomic mass is 16.4. The van der Waals surface area contributed by atoms with Crippen molar-refractivity contribution in [2.24, 2.45) is 5.92 Å². The van der Waals surface area contributed by atoms with E-state index in [0.717, 1.165) is 0 Å². The van der Waals surface area contributed by atoms with Crippen molar-refractivity contribution < 1.29 is 9.90 Å². The van der Waals surface area contributed by atoms with Crippen LogP contribution in [0, 0.1) is 29.1 Å². The maximum absolute atomic E-state index is 10.5. The Balaban J connectivity index is 3.87. The number of nitrogens with zero attached hydrogens (tertiary/aromatic N) is 1. The van der Waals surface area contributed by atoms with Gasteiger partial charge in [-0.15, -0.1) is 5.92 Å². The van der Waals surface area contributed by atoms with Gasteiger partial charge >= 0.3 is 5.97 Å². The molecule has 0 spiro atoms. The van der Waals surface area contributed by atoms with Crippen LogP contribution in [0.1, 0.15) is 26.2 Å². The lowest BCUT2D eigenvalue weighted by atomic mass is 10.0. The molecule has 1 unspecified atom stereocenters. The third-order valence-electron chi connectivity index (χ3n) is 1.40. The molecule has 0 saturated heterocycles. The standard InChI is InChI=1S/C9H11NO2/c1-2-5-8(9(11)12)6-3-4-7-10/h8H,3-4,6H2,1H3,(H,11,12). The summed E-state index contributed by atoms with van der Waals surface area (Å²) in [6, 6.07) is 1.96. The van der Waals surface area contributed by atoms with Gasteiger partial charge in [-0.3, -0.25) is 4.79 Å². The Bertz CT molecular complexity index is 241. The first-order chi connectivity index (χ1) is 5.72. The maximum Gasteiger partial charge on any atom is 0.318 e. The summed E-state index contributed by atoms with van der Waals surface area (Å²) in [5.74, 6) is 3.64. The van der Waals surface area contributed by atoms with Crippen molar-refractivity contribution in [3.05, 3.63) is 0 Å². The summed E-state index contributed by atoms with van der Waals surface area (Å²) in [5.41, 5.74) is 0. The molecule has 64 valence electrons. The third-order valence-corrected chi connectivity index (χ3v) is 1.40. The molecule has 0 aromatic rings. The lowest BCUT2D eigenvalue weighted by Crippen LogP contribution is -2.11. The molecule has 0 fully saturated rings. The van der Waals surface area contributed by atoms with Gasteiger partial charge in [-0.2, -0.15) is 5.26 Å². The van der Waals surface area contributed by atoms with Crippen LogP contribution in [-0.2, 0) is 4.79 Å². The van der Waals surface area contributed by atoms with Crippen LogP contribution in [0.25, 0.3) is 0 Å². The summed E-state index contributed by atoms with van der Waals surface area (Å²) >= 11 is 0. The normalized spacial score (nSPS) is 10.7. The number of carboxylic acids is 1. The Labute approximate surface area is 72.0 Å².